The molecule has 5 aromatic rings. The lowest BCUT2D eigenvalue weighted by Gasteiger charge is -2.34. The van der Waals surface area contributed by atoms with Gasteiger partial charge in [-0.2, -0.15) is 18.3 Å². The Morgan fingerprint density at radius 1 is 1.20 bits per heavy atom. The van der Waals surface area contributed by atoms with E-state index < -0.39 is 21.6 Å². The summed E-state index contributed by atoms with van der Waals surface area (Å²) in [6.07, 6.45) is 1.61. The van der Waals surface area contributed by atoms with E-state index in [4.69, 9.17) is 0 Å². The number of alkyl halides is 3. The smallest absolute Gasteiger partial charge is 0.353 e. The molecule has 2 fully saturated rings. The zero-order valence-corrected chi connectivity index (χ0v) is 26.4. The summed E-state index contributed by atoms with van der Waals surface area (Å²) in [6, 6.07) is 3.78. The highest BCUT2D eigenvalue weighted by Gasteiger charge is 2.39. The summed E-state index contributed by atoms with van der Waals surface area (Å²) in [5.74, 6) is 0.488. The molecule has 16 heteroatoms. The average molecular weight is 734 g/mol. The molecule has 1 N–H and O–H groups in total. The quantitative estimate of drug-likeness (QED) is 0.137. The fourth-order valence-electron chi connectivity index (χ4n) is 6.08. The van der Waals surface area contributed by atoms with Crippen molar-refractivity contribution in [3.05, 3.63) is 35.7 Å². The molecular weight excluding hydrogens is 709 g/mol. The molecule has 3 unspecified atom stereocenters. The van der Waals surface area contributed by atoms with Crippen LogP contribution in [-0.4, -0.2) is 64.3 Å². The van der Waals surface area contributed by atoms with E-state index in [-0.39, 0.29) is 41.9 Å². The van der Waals surface area contributed by atoms with Gasteiger partial charge in [0.2, 0.25) is 15.0 Å². The van der Waals surface area contributed by atoms with Gasteiger partial charge in [0.05, 0.1) is 39.4 Å². The maximum atomic E-state index is 14.6. The third-order valence-electron chi connectivity index (χ3n) is 7.73. The summed E-state index contributed by atoms with van der Waals surface area (Å²) < 4.78 is 71.3. The lowest BCUT2D eigenvalue weighted by atomic mass is 9.94. The van der Waals surface area contributed by atoms with Gasteiger partial charge >= 0.3 is 6.18 Å². The zero-order valence-electron chi connectivity index (χ0n) is 21.6. The van der Waals surface area contributed by atoms with Crippen molar-refractivity contribution in [3.63, 3.8) is 0 Å². The molecule has 0 spiro atoms. The van der Waals surface area contributed by atoms with Gasteiger partial charge in [-0.25, -0.2) is 22.8 Å². The van der Waals surface area contributed by atoms with Gasteiger partial charge in [0.1, 0.15) is 10.6 Å². The average Bonchev–Trinajstić information content (AvgIpc) is 3.59. The van der Waals surface area contributed by atoms with Crippen LogP contribution in [0.15, 0.2) is 29.7 Å². The summed E-state index contributed by atoms with van der Waals surface area (Å²) >= 11 is 3.29. The molecule has 41 heavy (non-hydrogen) atoms. The number of pyridine rings is 1. The maximum Gasteiger partial charge on any atom is 0.417 e. The Labute approximate surface area is 252 Å². The number of benzene rings is 1. The molecule has 9 nitrogen and oxygen atoms in total. The van der Waals surface area contributed by atoms with Gasteiger partial charge in [-0.3, -0.25) is 4.98 Å². The first-order chi connectivity index (χ1) is 19.4. The van der Waals surface area contributed by atoms with Crippen LogP contribution in [0.5, 0.6) is 0 Å². The summed E-state index contributed by atoms with van der Waals surface area (Å²) in [4.78, 5) is 15.9. The second kappa shape index (κ2) is 9.66. The van der Waals surface area contributed by atoms with E-state index in [1.165, 1.54) is 25.4 Å². The van der Waals surface area contributed by atoms with Gasteiger partial charge in [-0.15, -0.1) is 11.3 Å². The van der Waals surface area contributed by atoms with E-state index in [2.05, 4.69) is 52.3 Å². The van der Waals surface area contributed by atoms with Gasteiger partial charge in [-0.1, -0.05) is 0 Å². The highest BCUT2D eigenvalue weighted by atomic mass is 127. The van der Waals surface area contributed by atoms with E-state index in [1.54, 1.807) is 10.5 Å². The molecule has 2 saturated heterocycles. The fraction of sp³-hybridized carbons (Fsp3) is 0.360. The van der Waals surface area contributed by atoms with Crippen LogP contribution < -0.4 is 10.2 Å². The van der Waals surface area contributed by atoms with Crippen molar-refractivity contribution in [1.29, 1.82) is 0 Å². The number of rotatable bonds is 4. The van der Waals surface area contributed by atoms with Crippen molar-refractivity contribution in [3.8, 4) is 11.3 Å². The van der Waals surface area contributed by atoms with Crippen molar-refractivity contribution < 1.29 is 23.0 Å². The van der Waals surface area contributed by atoms with Crippen LogP contribution in [0, 0.1) is 6.92 Å². The van der Waals surface area contributed by atoms with Crippen molar-refractivity contribution in [1.82, 2.24) is 29.8 Å². The fourth-order valence-corrected chi connectivity index (χ4v) is 9.34. The topological polar surface area (TPSA) is 106 Å². The van der Waals surface area contributed by atoms with Gasteiger partial charge in [0.25, 0.3) is 0 Å². The lowest BCUT2D eigenvalue weighted by molar-refractivity contribution is -0.137. The molecule has 1 aromatic carbocycles. The number of hydrogen-bond acceptors (Lipinski definition) is 9. The summed E-state index contributed by atoms with van der Waals surface area (Å²) in [5, 5.41) is 9.24. The minimum Gasteiger partial charge on any atom is -0.353 e. The van der Waals surface area contributed by atoms with Crippen molar-refractivity contribution >= 4 is 86.6 Å². The van der Waals surface area contributed by atoms with Crippen LogP contribution in [0.3, 0.4) is 0 Å². The standard InChI is InChI=1S/C25H22F3IN7O2PS2.H2/c1-11-7-16-15(8-31-36(16)39-29)17(19(11)25(26,27)28)20-21-14(5-6-30-20)18-22(35-9-12-3-4-13(10-35)32-12)33-24(41(2,37)38)34-23(18)40-21;/h5-8,12-13,32,39H,3-4,9-10H2,1-2H3;1H. The minimum absolute atomic E-state index is 0. The number of nitrogens with zero attached hydrogens (tertiary/aromatic N) is 6. The normalized spacial score (nSPS) is 20.0. The molecule has 6 heterocycles. The molecule has 216 valence electrons. The van der Waals surface area contributed by atoms with Crippen molar-refractivity contribution in [2.24, 2.45) is 0 Å². The van der Waals surface area contributed by atoms with Crippen LogP contribution in [-0.2, 0) is 16.0 Å². The van der Waals surface area contributed by atoms with Gasteiger partial charge < -0.3 is 10.2 Å². The van der Waals surface area contributed by atoms with Crippen LogP contribution in [0.25, 0.3) is 42.5 Å². The molecular formula is C25H24F3IN7O2PS2. The maximum absolute atomic E-state index is 14.6. The van der Waals surface area contributed by atoms with Crippen LogP contribution in [0.1, 0.15) is 25.4 Å². The lowest BCUT2D eigenvalue weighted by Crippen LogP contribution is -2.51. The molecule has 3 atom stereocenters. The number of nitrogens with one attached hydrogen (secondary N) is 1. The molecule has 2 aliphatic heterocycles. The number of thiophene rings is 1. The first kappa shape index (κ1) is 27.6. The third kappa shape index (κ3) is 4.50. The second-order valence-corrected chi connectivity index (χ2v) is 15.4. The highest BCUT2D eigenvalue weighted by Crippen LogP contribution is 2.48. The summed E-state index contributed by atoms with van der Waals surface area (Å²) in [7, 11) is -3.76. The zero-order chi connectivity index (χ0) is 28.8. The van der Waals surface area contributed by atoms with Gasteiger partial charge in [0, 0.05) is 55.4 Å². The Bertz CT molecular complexity index is 1990. The minimum atomic E-state index is -4.64. The Balaban J connectivity index is 0.00000316. The highest BCUT2D eigenvalue weighted by molar-refractivity contribution is 14.2. The summed E-state index contributed by atoms with van der Waals surface area (Å²) in [5.41, 5.74) is 0.0288. The number of aromatic nitrogens is 5. The Morgan fingerprint density at radius 2 is 1.93 bits per heavy atom. The van der Waals surface area contributed by atoms with E-state index in [1.807, 2.05) is 0 Å². The Kier molecular flexibility index (Phi) is 6.51. The van der Waals surface area contributed by atoms with E-state index in [0.29, 0.717) is 50.1 Å². The van der Waals surface area contributed by atoms with E-state index in [9.17, 15) is 21.6 Å². The van der Waals surface area contributed by atoms with Crippen molar-refractivity contribution in [2.45, 2.75) is 43.2 Å². The van der Waals surface area contributed by atoms with Crippen LogP contribution in [0.4, 0.5) is 19.0 Å². The SMILES string of the molecule is Cc1cc2c(cnn2PI)c(-c2nccc3c2sc2nc(S(C)(=O)=O)nc(N4CC5CCC(C4)N5)c23)c1C(F)(F)F.[HH]. The molecule has 4 aromatic heterocycles. The number of halogens is 4. The third-order valence-corrected chi connectivity index (χ3v) is 11.6. The molecule has 2 bridgehead atoms. The number of sulfone groups is 1. The van der Waals surface area contributed by atoms with Gasteiger partial charge in [-0.05, 0) is 59.5 Å². The predicted octanol–water partition coefficient (Wildman–Crippen LogP) is 5.97. The van der Waals surface area contributed by atoms with Crippen molar-refractivity contribution in [2.75, 3.05) is 24.2 Å². The summed E-state index contributed by atoms with van der Waals surface area (Å²) in [6.45, 7) is 2.74. The number of anilines is 1. The molecule has 0 amide bonds. The van der Waals surface area contributed by atoms with E-state index in [0.717, 1.165) is 30.4 Å². The number of piperazine rings is 1. The number of fused-ring (bicyclic) bond motifs is 6. The van der Waals surface area contributed by atoms with Gasteiger partial charge in [0.15, 0.2) is 0 Å². The van der Waals surface area contributed by atoms with Crippen LogP contribution in [0.2, 0.25) is 0 Å². The molecule has 7 rings (SSSR count). The molecule has 0 radical (unpaired) electrons. The molecule has 0 aliphatic carbocycles. The van der Waals surface area contributed by atoms with Crippen LogP contribution >= 0.6 is 39.8 Å². The van der Waals surface area contributed by atoms with E-state index >= 15 is 0 Å². The first-order valence-electron chi connectivity index (χ1n) is 12.7. The molecule has 2 aliphatic rings. The Hall–Kier alpha value is -2.20. The monoisotopic (exact) mass is 733 g/mol. The second-order valence-electron chi connectivity index (χ2n) is 10.5. The Morgan fingerprint density at radius 3 is 2.59 bits per heavy atom. The number of aryl methyl sites for hydroxylation is 1. The first-order valence-corrected chi connectivity index (χ1v) is 19.5. The number of hydrogen-bond donors (Lipinski definition) is 1. The largest absolute Gasteiger partial charge is 0.417 e. The predicted molar refractivity (Wildman–Crippen MR) is 166 cm³/mol. The molecule has 0 saturated carbocycles.